The first-order chi connectivity index (χ1) is 11.7. The topological polar surface area (TPSA) is 39.9 Å². The lowest BCUT2D eigenvalue weighted by Crippen LogP contribution is -2.57. The van der Waals surface area contributed by atoms with E-state index in [1.54, 1.807) is 6.26 Å². The second kappa shape index (κ2) is 8.17. The standard InChI is InChI=1S/C19H31N3O2/c1-3-20(4-2)11-12-22-18-9-10-21(15-17-6-5-13-24-17)14-16(18)7-8-19(22)23/h5-6,13,16,18H,3-4,7-12,14-15H2,1-2H3/t16-,18+/m1/s1. The van der Waals surface area contributed by atoms with Gasteiger partial charge in [-0.3, -0.25) is 9.69 Å². The first-order valence-electron chi connectivity index (χ1n) is 9.47. The zero-order valence-corrected chi connectivity index (χ0v) is 15.1. The third-order valence-corrected chi connectivity index (χ3v) is 5.74. The predicted molar refractivity (Wildman–Crippen MR) is 94.6 cm³/mol. The first-order valence-corrected chi connectivity index (χ1v) is 9.47. The van der Waals surface area contributed by atoms with E-state index in [2.05, 4.69) is 28.5 Å². The van der Waals surface area contributed by atoms with Gasteiger partial charge in [-0.15, -0.1) is 0 Å². The molecule has 1 aromatic heterocycles. The molecule has 1 amide bonds. The first kappa shape index (κ1) is 17.5. The van der Waals surface area contributed by atoms with Gasteiger partial charge in [-0.05, 0) is 44.0 Å². The Morgan fingerprint density at radius 3 is 2.83 bits per heavy atom. The minimum atomic E-state index is 0.364. The largest absolute Gasteiger partial charge is 0.468 e. The Kier molecular flexibility index (Phi) is 5.95. The zero-order chi connectivity index (χ0) is 16.9. The van der Waals surface area contributed by atoms with Gasteiger partial charge in [-0.25, -0.2) is 0 Å². The molecule has 3 rings (SSSR count). The van der Waals surface area contributed by atoms with E-state index in [0.29, 0.717) is 24.3 Å². The molecule has 0 unspecified atom stereocenters. The molecule has 0 bridgehead atoms. The second-order valence-electron chi connectivity index (χ2n) is 7.08. The highest BCUT2D eigenvalue weighted by Crippen LogP contribution is 2.31. The molecule has 134 valence electrons. The number of likely N-dealkylation sites (tertiary alicyclic amines) is 2. The fourth-order valence-corrected chi connectivity index (χ4v) is 4.27. The monoisotopic (exact) mass is 333 g/mol. The van der Waals surface area contributed by atoms with E-state index in [9.17, 15) is 4.79 Å². The normalized spacial score (nSPS) is 25.3. The van der Waals surface area contributed by atoms with Crippen LogP contribution in [0.5, 0.6) is 0 Å². The van der Waals surface area contributed by atoms with Crippen molar-refractivity contribution in [1.82, 2.24) is 14.7 Å². The fourth-order valence-electron chi connectivity index (χ4n) is 4.27. The zero-order valence-electron chi connectivity index (χ0n) is 15.1. The van der Waals surface area contributed by atoms with Gasteiger partial charge >= 0.3 is 0 Å². The van der Waals surface area contributed by atoms with Gasteiger partial charge in [0, 0.05) is 38.6 Å². The lowest BCUT2D eigenvalue weighted by molar-refractivity contribution is -0.141. The van der Waals surface area contributed by atoms with Gasteiger partial charge in [-0.2, -0.15) is 0 Å². The van der Waals surface area contributed by atoms with Crippen molar-refractivity contribution in [2.45, 2.75) is 45.7 Å². The quantitative estimate of drug-likeness (QED) is 0.768. The number of fused-ring (bicyclic) bond motifs is 1. The Hall–Kier alpha value is -1.33. The molecule has 3 heterocycles. The fraction of sp³-hybridized carbons (Fsp3) is 0.737. The smallest absolute Gasteiger partial charge is 0.222 e. The summed E-state index contributed by atoms with van der Waals surface area (Å²) in [6.45, 7) is 11.4. The van der Waals surface area contributed by atoms with Crippen molar-refractivity contribution in [3.63, 3.8) is 0 Å². The number of hydrogen-bond acceptors (Lipinski definition) is 4. The van der Waals surface area contributed by atoms with Gasteiger partial charge in [-0.1, -0.05) is 13.8 Å². The van der Waals surface area contributed by atoms with E-state index in [-0.39, 0.29) is 0 Å². The summed E-state index contributed by atoms with van der Waals surface area (Å²) in [5.41, 5.74) is 0. The molecule has 0 aliphatic carbocycles. The van der Waals surface area contributed by atoms with E-state index < -0.39 is 0 Å². The number of carbonyl (C=O) groups excluding carboxylic acids is 1. The van der Waals surface area contributed by atoms with E-state index in [1.807, 2.05) is 12.1 Å². The minimum absolute atomic E-state index is 0.364. The van der Waals surface area contributed by atoms with E-state index in [4.69, 9.17) is 4.42 Å². The van der Waals surface area contributed by atoms with Crippen molar-refractivity contribution in [3.05, 3.63) is 24.2 Å². The molecule has 5 nitrogen and oxygen atoms in total. The van der Waals surface area contributed by atoms with Crippen LogP contribution in [0.4, 0.5) is 0 Å². The van der Waals surface area contributed by atoms with Crippen LogP contribution in [0.3, 0.4) is 0 Å². The van der Waals surface area contributed by atoms with Crippen molar-refractivity contribution in [2.75, 3.05) is 39.3 Å². The SMILES string of the molecule is CCN(CC)CCN1C(=O)CC[C@@H]2CN(Cc3ccco3)CC[C@@H]21. The molecule has 2 atom stereocenters. The maximum absolute atomic E-state index is 12.5. The van der Waals surface area contributed by atoms with Crippen LogP contribution in [0.15, 0.2) is 22.8 Å². The summed E-state index contributed by atoms with van der Waals surface area (Å²) in [5, 5.41) is 0. The lowest BCUT2D eigenvalue weighted by atomic mass is 9.83. The Morgan fingerprint density at radius 1 is 1.29 bits per heavy atom. The molecule has 0 radical (unpaired) electrons. The van der Waals surface area contributed by atoms with Crippen molar-refractivity contribution in [3.8, 4) is 0 Å². The van der Waals surface area contributed by atoms with E-state index in [1.165, 1.54) is 0 Å². The average Bonchev–Trinajstić information content (AvgIpc) is 3.10. The van der Waals surface area contributed by atoms with Gasteiger partial charge in [0.15, 0.2) is 0 Å². The molecule has 2 fully saturated rings. The maximum atomic E-state index is 12.5. The maximum Gasteiger partial charge on any atom is 0.222 e. The van der Waals surface area contributed by atoms with E-state index >= 15 is 0 Å². The highest BCUT2D eigenvalue weighted by atomic mass is 16.3. The molecule has 24 heavy (non-hydrogen) atoms. The number of hydrogen-bond donors (Lipinski definition) is 0. The summed E-state index contributed by atoms with van der Waals surface area (Å²) < 4.78 is 5.49. The third kappa shape index (κ3) is 4.01. The third-order valence-electron chi connectivity index (χ3n) is 5.74. The molecular weight excluding hydrogens is 302 g/mol. The van der Waals surface area contributed by atoms with Gasteiger partial charge in [0.1, 0.15) is 5.76 Å². The molecule has 0 N–H and O–H groups in total. The number of likely N-dealkylation sites (N-methyl/N-ethyl adjacent to an activating group) is 1. The van der Waals surface area contributed by atoms with Crippen molar-refractivity contribution < 1.29 is 9.21 Å². The molecule has 2 aliphatic heterocycles. The van der Waals surface area contributed by atoms with Crippen LogP contribution in [0, 0.1) is 5.92 Å². The Labute approximate surface area is 145 Å². The minimum Gasteiger partial charge on any atom is -0.468 e. The predicted octanol–water partition coefficient (Wildman–Crippen LogP) is 2.43. The van der Waals surface area contributed by atoms with Crippen LogP contribution in [-0.2, 0) is 11.3 Å². The molecule has 1 aromatic rings. The summed E-state index contributed by atoms with van der Waals surface area (Å²) >= 11 is 0. The van der Waals surface area contributed by atoms with Gasteiger partial charge in [0.05, 0.1) is 12.8 Å². The van der Waals surface area contributed by atoms with Crippen LogP contribution >= 0.6 is 0 Å². The summed E-state index contributed by atoms with van der Waals surface area (Å²) in [4.78, 5) is 19.5. The number of nitrogens with zero attached hydrogens (tertiary/aromatic N) is 3. The van der Waals surface area contributed by atoms with Crippen molar-refractivity contribution in [2.24, 2.45) is 5.92 Å². The molecule has 2 saturated heterocycles. The Morgan fingerprint density at radius 2 is 2.12 bits per heavy atom. The average molecular weight is 333 g/mol. The summed E-state index contributed by atoms with van der Waals surface area (Å²) in [6.07, 6.45) is 4.60. The number of rotatable bonds is 7. The Bertz CT molecular complexity index is 513. The lowest BCUT2D eigenvalue weighted by Gasteiger charge is -2.47. The summed E-state index contributed by atoms with van der Waals surface area (Å²) in [5.74, 6) is 2.02. The number of carbonyl (C=O) groups is 1. The molecule has 0 aromatic carbocycles. The van der Waals surface area contributed by atoms with Crippen LogP contribution < -0.4 is 0 Å². The molecule has 2 aliphatic rings. The van der Waals surface area contributed by atoms with Gasteiger partial charge in [0.25, 0.3) is 0 Å². The van der Waals surface area contributed by atoms with Crippen LogP contribution in [-0.4, -0.2) is 65.9 Å². The van der Waals surface area contributed by atoms with Crippen molar-refractivity contribution in [1.29, 1.82) is 0 Å². The van der Waals surface area contributed by atoms with Crippen LogP contribution in [0.25, 0.3) is 0 Å². The van der Waals surface area contributed by atoms with Crippen LogP contribution in [0.1, 0.15) is 38.9 Å². The van der Waals surface area contributed by atoms with Gasteiger partial charge < -0.3 is 14.2 Å². The number of amides is 1. The van der Waals surface area contributed by atoms with Gasteiger partial charge in [0.2, 0.25) is 5.91 Å². The second-order valence-corrected chi connectivity index (χ2v) is 7.08. The summed E-state index contributed by atoms with van der Waals surface area (Å²) in [6, 6.07) is 4.44. The molecule has 0 saturated carbocycles. The van der Waals surface area contributed by atoms with Crippen LogP contribution in [0.2, 0.25) is 0 Å². The number of furan rings is 1. The van der Waals surface area contributed by atoms with E-state index in [0.717, 1.165) is 64.4 Å². The number of piperidine rings is 2. The molecule has 5 heteroatoms. The molecule has 0 spiro atoms. The highest BCUT2D eigenvalue weighted by molar-refractivity contribution is 5.77. The molecular formula is C19H31N3O2. The highest BCUT2D eigenvalue weighted by Gasteiger charge is 2.39. The Balaban J connectivity index is 1.57. The summed E-state index contributed by atoms with van der Waals surface area (Å²) in [7, 11) is 0. The van der Waals surface area contributed by atoms with Crippen molar-refractivity contribution >= 4 is 5.91 Å².